The molecule has 6 nitrogen and oxygen atoms in total. The van der Waals surface area contributed by atoms with Crippen LogP contribution in [0.25, 0.3) is 10.9 Å². The summed E-state index contributed by atoms with van der Waals surface area (Å²) >= 11 is 0. The lowest BCUT2D eigenvalue weighted by atomic mass is 9.74. The van der Waals surface area contributed by atoms with E-state index < -0.39 is 5.54 Å². The number of urea groups is 1. The second kappa shape index (κ2) is 9.97. The van der Waals surface area contributed by atoms with Crippen molar-refractivity contribution >= 4 is 22.8 Å². The number of nitrogens with one attached hydrogen (secondary N) is 2. The Balaban J connectivity index is 1.32. The smallest absolute Gasteiger partial charge is 0.325 e. The molecule has 0 spiro atoms. The molecule has 1 atom stereocenters. The lowest BCUT2D eigenvalue weighted by Crippen LogP contribution is -2.56. The highest BCUT2D eigenvalue weighted by Crippen LogP contribution is 2.37. The van der Waals surface area contributed by atoms with Crippen LogP contribution in [-0.4, -0.2) is 51.9 Å². The number of hydrogen-bond acceptors (Lipinski definition) is 3. The molecule has 0 bridgehead atoms. The van der Waals surface area contributed by atoms with Gasteiger partial charge in [-0.1, -0.05) is 54.5 Å². The molecule has 5 rings (SSSR count). The standard InChI is InChI=1S/C29H32N4O2/c1-2-3-17-33-27(34)29(31-28(33)35,16-13-22-9-5-4-6-10-22)24-14-18-32(19-15-24)21-23-20-30-26-12-8-7-11-25(23)26/h4-12,20,24,30H,13-19,21H2,1H3,(H,31,35). The first-order chi connectivity index (χ1) is 17.1. The molecule has 35 heavy (non-hydrogen) atoms. The van der Waals surface area contributed by atoms with Gasteiger partial charge in [0.15, 0.2) is 0 Å². The molecule has 6 heteroatoms. The fourth-order valence-corrected chi connectivity index (χ4v) is 5.67. The van der Waals surface area contributed by atoms with Gasteiger partial charge in [0.25, 0.3) is 5.91 Å². The molecular weight excluding hydrogens is 436 g/mol. The Kier molecular flexibility index (Phi) is 6.61. The Morgan fingerprint density at radius 2 is 1.77 bits per heavy atom. The van der Waals surface area contributed by atoms with Crippen LogP contribution in [0.4, 0.5) is 4.79 Å². The molecule has 2 aliphatic rings. The molecule has 180 valence electrons. The minimum Gasteiger partial charge on any atom is -0.361 e. The van der Waals surface area contributed by atoms with Crippen LogP contribution in [0.5, 0.6) is 0 Å². The first-order valence-electron chi connectivity index (χ1n) is 12.5. The topological polar surface area (TPSA) is 68.4 Å². The second-order valence-corrected chi connectivity index (χ2v) is 9.62. The van der Waals surface area contributed by atoms with Crippen molar-refractivity contribution < 1.29 is 9.59 Å². The van der Waals surface area contributed by atoms with Crippen molar-refractivity contribution in [3.05, 3.63) is 71.9 Å². The number of aromatic nitrogens is 1. The summed E-state index contributed by atoms with van der Waals surface area (Å²) in [5, 5.41) is 4.41. The van der Waals surface area contributed by atoms with Crippen molar-refractivity contribution in [2.45, 2.75) is 44.7 Å². The lowest BCUT2D eigenvalue weighted by Gasteiger charge is -2.41. The average Bonchev–Trinajstić information content (AvgIpc) is 3.41. The molecule has 2 aliphatic heterocycles. The number of aromatic amines is 1. The van der Waals surface area contributed by atoms with E-state index >= 15 is 0 Å². The number of rotatable bonds is 7. The van der Waals surface area contributed by atoms with Crippen LogP contribution in [0.3, 0.4) is 0 Å². The van der Waals surface area contributed by atoms with Gasteiger partial charge in [-0.2, -0.15) is 0 Å². The number of benzene rings is 2. The number of para-hydroxylation sites is 1. The number of carbonyl (C=O) groups excluding carboxylic acids is 2. The molecule has 3 heterocycles. The summed E-state index contributed by atoms with van der Waals surface area (Å²) in [6, 6.07) is 18.3. The zero-order valence-electron chi connectivity index (χ0n) is 20.2. The summed E-state index contributed by atoms with van der Waals surface area (Å²) in [6.45, 7) is 4.55. The Bertz CT molecular complexity index is 1260. The highest BCUT2D eigenvalue weighted by atomic mass is 16.2. The number of H-pyrrole nitrogens is 1. The van der Waals surface area contributed by atoms with Gasteiger partial charge >= 0.3 is 6.03 Å². The fraction of sp³-hybridized carbons (Fsp3) is 0.379. The van der Waals surface area contributed by atoms with Gasteiger partial charge in [-0.25, -0.2) is 4.79 Å². The number of piperidine rings is 1. The largest absolute Gasteiger partial charge is 0.361 e. The normalized spacial score (nSPS) is 21.2. The van der Waals surface area contributed by atoms with Crippen molar-refractivity contribution in [2.24, 2.45) is 5.92 Å². The predicted octanol–water partition coefficient (Wildman–Crippen LogP) is 4.33. The minimum atomic E-state index is -0.866. The molecule has 3 aromatic rings. The van der Waals surface area contributed by atoms with Crippen molar-refractivity contribution in [1.82, 2.24) is 20.1 Å². The Morgan fingerprint density at radius 3 is 2.54 bits per heavy atom. The number of nitrogens with zero attached hydrogens (tertiary/aromatic N) is 2. The number of amides is 3. The number of carbonyl (C=O) groups is 2. The van der Waals surface area contributed by atoms with Crippen molar-refractivity contribution in [2.75, 3.05) is 19.6 Å². The maximum Gasteiger partial charge on any atom is 0.325 e. The van der Waals surface area contributed by atoms with Gasteiger partial charge in [0.1, 0.15) is 5.54 Å². The van der Waals surface area contributed by atoms with E-state index in [2.05, 4.69) is 63.6 Å². The van der Waals surface area contributed by atoms with E-state index in [0.29, 0.717) is 6.42 Å². The molecule has 1 unspecified atom stereocenters. The highest BCUT2D eigenvalue weighted by Gasteiger charge is 2.55. The zero-order chi connectivity index (χ0) is 24.3. The molecule has 2 N–H and O–H groups in total. The van der Waals surface area contributed by atoms with E-state index in [1.54, 1.807) is 6.92 Å². The van der Waals surface area contributed by atoms with E-state index in [0.717, 1.165) is 44.4 Å². The second-order valence-electron chi connectivity index (χ2n) is 9.62. The number of likely N-dealkylation sites (tertiary alicyclic amines) is 1. The summed E-state index contributed by atoms with van der Waals surface area (Å²) in [5.74, 6) is 5.69. The highest BCUT2D eigenvalue weighted by molar-refractivity contribution is 6.07. The molecule has 1 aromatic heterocycles. The Labute approximate surface area is 206 Å². The average molecular weight is 469 g/mol. The summed E-state index contributed by atoms with van der Waals surface area (Å²) in [7, 11) is 0. The summed E-state index contributed by atoms with van der Waals surface area (Å²) < 4.78 is 0. The van der Waals surface area contributed by atoms with E-state index in [-0.39, 0.29) is 24.4 Å². The number of hydrogen-bond donors (Lipinski definition) is 2. The quantitative estimate of drug-likeness (QED) is 0.401. The number of aryl methyl sites for hydroxylation is 1. The van der Waals surface area contributed by atoms with Crippen LogP contribution in [0.15, 0.2) is 60.8 Å². The molecule has 3 amide bonds. The Morgan fingerprint density at radius 1 is 1.03 bits per heavy atom. The Hall–Kier alpha value is -3.56. The van der Waals surface area contributed by atoms with Gasteiger partial charge in [-0.05, 0) is 68.8 Å². The maximum absolute atomic E-state index is 13.7. The van der Waals surface area contributed by atoms with Crippen LogP contribution in [0, 0.1) is 17.8 Å². The zero-order valence-corrected chi connectivity index (χ0v) is 20.2. The van der Waals surface area contributed by atoms with Crippen molar-refractivity contribution in [3.63, 3.8) is 0 Å². The SMILES string of the molecule is CC#CCN1C(=O)NC(CCc2ccccc2)(C2CCN(Cc3c[nH]c4ccccc34)CC2)C1=O. The molecule has 2 aromatic carbocycles. The molecule has 0 saturated carbocycles. The summed E-state index contributed by atoms with van der Waals surface area (Å²) in [6.07, 6.45) is 5.19. The summed E-state index contributed by atoms with van der Waals surface area (Å²) in [5.41, 5.74) is 2.77. The first-order valence-corrected chi connectivity index (χ1v) is 12.5. The third-order valence-corrected chi connectivity index (χ3v) is 7.62. The number of imide groups is 1. The molecule has 2 fully saturated rings. The molecule has 0 aliphatic carbocycles. The van der Waals surface area contributed by atoms with Gasteiger partial charge in [-0.3, -0.25) is 14.6 Å². The third kappa shape index (κ3) is 4.56. The van der Waals surface area contributed by atoms with E-state index in [9.17, 15) is 9.59 Å². The predicted molar refractivity (Wildman–Crippen MR) is 137 cm³/mol. The van der Waals surface area contributed by atoms with Crippen LogP contribution >= 0.6 is 0 Å². The lowest BCUT2D eigenvalue weighted by molar-refractivity contribution is -0.134. The van der Waals surface area contributed by atoms with Gasteiger partial charge < -0.3 is 10.3 Å². The fourth-order valence-electron chi connectivity index (χ4n) is 5.67. The van der Waals surface area contributed by atoms with E-state index in [1.165, 1.54) is 21.4 Å². The monoisotopic (exact) mass is 468 g/mol. The van der Waals surface area contributed by atoms with E-state index in [1.807, 2.05) is 24.3 Å². The first kappa shape index (κ1) is 23.2. The van der Waals surface area contributed by atoms with Crippen LogP contribution < -0.4 is 5.32 Å². The van der Waals surface area contributed by atoms with Gasteiger partial charge in [-0.15, -0.1) is 5.92 Å². The van der Waals surface area contributed by atoms with Gasteiger partial charge in [0.05, 0.1) is 6.54 Å². The van der Waals surface area contributed by atoms with Gasteiger partial charge in [0, 0.05) is 23.6 Å². The van der Waals surface area contributed by atoms with Crippen LogP contribution in [-0.2, 0) is 17.8 Å². The molecular formula is C29H32N4O2. The van der Waals surface area contributed by atoms with E-state index in [4.69, 9.17) is 0 Å². The van der Waals surface area contributed by atoms with Crippen LogP contribution in [0.2, 0.25) is 0 Å². The maximum atomic E-state index is 13.7. The van der Waals surface area contributed by atoms with Crippen LogP contribution in [0.1, 0.15) is 37.3 Å². The number of fused-ring (bicyclic) bond motifs is 1. The third-order valence-electron chi connectivity index (χ3n) is 7.62. The molecule has 0 radical (unpaired) electrons. The van der Waals surface area contributed by atoms with Crippen molar-refractivity contribution in [1.29, 1.82) is 0 Å². The van der Waals surface area contributed by atoms with Crippen molar-refractivity contribution in [3.8, 4) is 11.8 Å². The minimum absolute atomic E-state index is 0.0986. The molecule has 2 saturated heterocycles. The summed E-state index contributed by atoms with van der Waals surface area (Å²) in [4.78, 5) is 33.7. The van der Waals surface area contributed by atoms with Gasteiger partial charge in [0.2, 0.25) is 0 Å².